The van der Waals surface area contributed by atoms with E-state index in [4.69, 9.17) is 10.8 Å². The molecule has 0 amide bonds. The van der Waals surface area contributed by atoms with Crippen molar-refractivity contribution in [1.82, 2.24) is 4.98 Å². The summed E-state index contributed by atoms with van der Waals surface area (Å²) in [5.74, 6) is -0.398. The molecule has 0 saturated heterocycles. The molecule has 90 valence electrons. The van der Waals surface area contributed by atoms with Crippen LogP contribution in [0.3, 0.4) is 0 Å². The van der Waals surface area contributed by atoms with Crippen LogP contribution in [0.15, 0.2) is 0 Å². The standard InChI is InChI=1S/C11H18N2O2S/c1-6(2)4-10-13-7(3)9(16-10)5-8(12)11(14)15/h6,8H,4-5,12H2,1-3H3,(H,14,15). The van der Waals surface area contributed by atoms with Crippen molar-refractivity contribution in [1.29, 1.82) is 0 Å². The monoisotopic (exact) mass is 242 g/mol. The smallest absolute Gasteiger partial charge is 0.320 e. The SMILES string of the molecule is Cc1nc(CC(C)C)sc1CC(N)C(=O)O. The minimum atomic E-state index is -0.960. The van der Waals surface area contributed by atoms with E-state index in [-0.39, 0.29) is 0 Å². The van der Waals surface area contributed by atoms with Gasteiger partial charge in [0, 0.05) is 17.7 Å². The quantitative estimate of drug-likeness (QED) is 0.822. The van der Waals surface area contributed by atoms with Crippen LogP contribution in [0.2, 0.25) is 0 Å². The largest absolute Gasteiger partial charge is 0.480 e. The van der Waals surface area contributed by atoms with Crippen LogP contribution in [0.4, 0.5) is 0 Å². The van der Waals surface area contributed by atoms with Crippen LogP contribution in [0.5, 0.6) is 0 Å². The van der Waals surface area contributed by atoms with Gasteiger partial charge in [-0.2, -0.15) is 0 Å². The fourth-order valence-corrected chi connectivity index (χ4v) is 2.74. The van der Waals surface area contributed by atoms with Crippen molar-refractivity contribution >= 4 is 17.3 Å². The molecule has 0 saturated carbocycles. The number of aromatic nitrogens is 1. The molecule has 0 aliphatic carbocycles. The summed E-state index contributed by atoms with van der Waals surface area (Å²) in [6, 6.07) is -0.828. The second-order valence-corrected chi connectivity index (χ2v) is 5.53. The summed E-state index contributed by atoms with van der Waals surface area (Å²) >= 11 is 1.58. The van der Waals surface area contributed by atoms with E-state index in [2.05, 4.69) is 18.8 Å². The van der Waals surface area contributed by atoms with Gasteiger partial charge in [0.1, 0.15) is 6.04 Å². The molecule has 1 rings (SSSR count). The van der Waals surface area contributed by atoms with Crippen molar-refractivity contribution < 1.29 is 9.90 Å². The van der Waals surface area contributed by atoms with Gasteiger partial charge < -0.3 is 10.8 Å². The molecule has 1 aromatic heterocycles. The molecule has 1 unspecified atom stereocenters. The number of aryl methyl sites for hydroxylation is 1. The first-order valence-corrected chi connectivity index (χ1v) is 6.15. The summed E-state index contributed by atoms with van der Waals surface area (Å²) in [6.45, 7) is 6.18. The Hall–Kier alpha value is -0.940. The maximum absolute atomic E-state index is 10.7. The summed E-state index contributed by atoms with van der Waals surface area (Å²) in [6.07, 6.45) is 1.31. The highest BCUT2D eigenvalue weighted by molar-refractivity contribution is 7.11. The van der Waals surface area contributed by atoms with Gasteiger partial charge in [0.25, 0.3) is 0 Å². The minimum absolute atomic E-state index is 0.372. The Labute approximate surface area is 99.5 Å². The molecular weight excluding hydrogens is 224 g/mol. The lowest BCUT2D eigenvalue weighted by atomic mass is 10.1. The number of carboxylic acids is 1. The molecule has 1 atom stereocenters. The molecule has 16 heavy (non-hydrogen) atoms. The summed E-state index contributed by atoms with van der Waals surface area (Å²) in [5.41, 5.74) is 6.42. The zero-order chi connectivity index (χ0) is 12.3. The zero-order valence-electron chi connectivity index (χ0n) is 9.86. The summed E-state index contributed by atoms with van der Waals surface area (Å²) in [5, 5.41) is 9.82. The van der Waals surface area contributed by atoms with Gasteiger partial charge >= 0.3 is 5.97 Å². The fourth-order valence-electron chi connectivity index (χ4n) is 1.40. The van der Waals surface area contributed by atoms with Gasteiger partial charge in [-0.25, -0.2) is 4.98 Å². The van der Waals surface area contributed by atoms with Crippen LogP contribution in [0.1, 0.15) is 29.4 Å². The molecule has 5 heteroatoms. The Morgan fingerprint density at radius 3 is 2.62 bits per heavy atom. The lowest BCUT2D eigenvalue weighted by molar-refractivity contribution is -0.138. The molecule has 3 N–H and O–H groups in total. The third-order valence-electron chi connectivity index (χ3n) is 2.24. The van der Waals surface area contributed by atoms with Crippen LogP contribution < -0.4 is 5.73 Å². The normalized spacial score (nSPS) is 13.1. The second-order valence-electron chi connectivity index (χ2n) is 4.36. The number of aliphatic carboxylic acids is 1. The lowest BCUT2D eigenvalue weighted by Crippen LogP contribution is -2.32. The van der Waals surface area contributed by atoms with Gasteiger partial charge in [-0.05, 0) is 12.8 Å². The topological polar surface area (TPSA) is 76.2 Å². The molecule has 0 radical (unpaired) electrons. The Kier molecular flexibility index (Phi) is 4.44. The number of rotatable bonds is 5. The molecular formula is C11H18N2O2S. The van der Waals surface area contributed by atoms with E-state index in [9.17, 15) is 4.79 Å². The Morgan fingerprint density at radius 1 is 1.50 bits per heavy atom. The van der Waals surface area contributed by atoms with Crippen molar-refractivity contribution in [3.8, 4) is 0 Å². The number of carboxylic acid groups (broad SMARTS) is 1. The van der Waals surface area contributed by atoms with Crippen molar-refractivity contribution in [2.45, 2.75) is 39.7 Å². The molecule has 0 spiro atoms. The second kappa shape index (κ2) is 5.41. The van der Waals surface area contributed by atoms with Gasteiger partial charge in [-0.15, -0.1) is 11.3 Å². The van der Waals surface area contributed by atoms with Crippen molar-refractivity contribution in [2.24, 2.45) is 11.7 Å². The number of nitrogens with two attached hydrogens (primary N) is 1. The highest BCUT2D eigenvalue weighted by Crippen LogP contribution is 2.21. The first-order chi connectivity index (χ1) is 7.40. The number of hydrogen-bond donors (Lipinski definition) is 2. The van der Waals surface area contributed by atoms with Gasteiger partial charge in [0.2, 0.25) is 0 Å². The van der Waals surface area contributed by atoms with Crippen LogP contribution in [0.25, 0.3) is 0 Å². The van der Waals surface area contributed by atoms with Crippen molar-refractivity contribution in [2.75, 3.05) is 0 Å². The van der Waals surface area contributed by atoms with E-state index in [0.29, 0.717) is 12.3 Å². The molecule has 0 aromatic carbocycles. The first-order valence-electron chi connectivity index (χ1n) is 5.33. The maximum atomic E-state index is 10.7. The third kappa shape index (κ3) is 3.57. The predicted octanol–water partition coefficient (Wildman–Crippen LogP) is 1.60. The highest BCUT2D eigenvalue weighted by Gasteiger charge is 2.16. The Bertz CT molecular complexity index is 374. The predicted molar refractivity (Wildman–Crippen MR) is 64.7 cm³/mol. The first kappa shape index (κ1) is 13.1. The highest BCUT2D eigenvalue weighted by atomic mass is 32.1. The summed E-state index contributed by atoms with van der Waals surface area (Å²) in [4.78, 5) is 16.1. The van der Waals surface area contributed by atoms with Crippen LogP contribution in [-0.4, -0.2) is 22.1 Å². The van der Waals surface area contributed by atoms with E-state index < -0.39 is 12.0 Å². The Morgan fingerprint density at radius 2 is 2.12 bits per heavy atom. The third-order valence-corrected chi connectivity index (χ3v) is 3.44. The van der Waals surface area contributed by atoms with Gasteiger partial charge in [-0.1, -0.05) is 13.8 Å². The fraction of sp³-hybridized carbons (Fsp3) is 0.636. The van der Waals surface area contributed by atoms with Crippen LogP contribution >= 0.6 is 11.3 Å². The molecule has 0 bridgehead atoms. The average Bonchev–Trinajstić information content (AvgIpc) is 2.45. The van der Waals surface area contributed by atoms with Crippen LogP contribution in [0, 0.1) is 12.8 Å². The number of carbonyl (C=O) groups is 1. The average molecular weight is 242 g/mol. The molecule has 1 heterocycles. The summed E-state index contributed by atoms with van der Waals surface area (Å²) in [7, 11) is 0. The van der Waals surface area contributed by atoms with Crippen molar-refractivity contribution in [3.05, 3.63) is 15.6 Å². The van der Waals surface area contributed by atoms with E-state index in [1.165, 1.54) is 0 Å². The minimum Gasteiger partial charge on any atom is -0.480 e. The van der Waals surface area contributed by atoms with E-state index in [1.54, 1.807) is 11.3 Å². The zero-order valence-corrected chi connectivity index (χ0v) is 10.7. The maximum Gasteiger partial charge on any atom is 0.320 e. The molecule has 4 nitrogen and oxygen atoms in total. The van der Waals surface area contributed by atoms with Crippen molar-refractivity contribution in [3.63, 3.8) is 0 Å². The molecule has 0 aliphatic heterocycles. The van der Waals surface area contributed by atoms with Gasteiger partial charge in [0.05, 0.1) is 10.7 Å². The number of thiazole rings is 1. The van der Waals surface area contributed by atoms with Gasteiger partial charge in [0.15, 0.2) is 0 Å². The van der Waals surface area contributed by atoms with E-state index in [0.717, 1.165) is 22.0 Å². The number of hydrogen-bond acceptors (Lipinski definition) is 4. The van der Waals surface area contributed by atoms with E-state index >= 15 is 0 Å². The molecule has 0 fully saturated rings. The molecule has 0 aliphatic rings. The lowest BCUT2D eigenvalue weighted by Gasteiger charge is -2.03. The molecule has 1 aromatic rings. The van der Waals surface area contributed by atoms with Gasteiger partial charge in [-0.3, -0.25) is 4.79 Å². The van der Waals surface area contributed by atoms with E-state index in [1.807, 2.05) is 6.92 Å². The Balaban J connectivity index is 2.74. The number of nitrogens with zero attached hydrogens (tertiary/aromatic N) is 1. The summed E-state index contributed by atoms with van der Waals surface area (Å²) < 4.78 is 0. The van der Waals surface area contributed by atoms with Crippen LogP contribution in [-0.2, 0) is 17.6 Å².